The number of anilines is 1. The van der Waals surface area contributed by atoms with Gasteiger partial charge in [0.2, 0.25) is 6.29 Å². The van der Waals surface area contributed by atoms with E-state index in [2.05, 4.69) is 15.9 Å². The highest BCUT2D eigenvalue weighted by molar-refractivity contribution is 9.12. The highest BCUT2D eigenvalue weighted by atomic mass is 79.9. The van der Waals surface area contributed by atoms with Crippen molar-refractivity contribution in [3.8, 4) is 5.75 Å². The van der Waals surface area contributed by atoms with Crippen LogP contribution in [0.3, 0.4) is 0 Å². The van der Waals surface area contributed by atoms with E-state index in [1.54, 1.807) is 24.3 Å². The number of benzene rings is 1. The lowest BCUT2D eigenvalue weighted by Crippen LogP contribution is -2.42. The summed E-state index contributed by atoms with van der Waals surface area (Å²) in [5.74, 6) is -1.30. The molecule has 9 nitrogen and oxygen atoms in total. The second-order valence-corrected chi connectivity index (χ2v) is 7.63. The summed E-state index contributed by atoms with van der Waals surface area (Å²) in [4.78, 5) is 47.4. The maximum Gasteiger partial charge on any atom is 0.302 e. The van der Waals surface area contributed by atoms with Gasteiger partial charge in [-0.15, -0.1) is 0 Å². The van der Waals surface area contributed by atoms with Gasteiger partial charge in [0.15, 0.2) is 0 Å². The normalized spacial score (nSPS) is 23.8. The smallest absolute Gasteiger partial charge is 0.302 e. The topological polar surface area (TPSA) is 108 Å². The number of imide groups is 1. The molecular weight excluding hydrogens is 462 g/mol. The Morgan fingerprint density at radius 3 is 2.40 bits per heavy atom. The van der Waals surface area contributed by atoms with Crippen LogP contribution in [0.4, 0.5) is 5.69 Å². The van der Waals surface area contributed by atoms with Gasteiger partial charge in [-0.1, -0.05) is 0 Å². The summed E-state index contributed by atoms with van der Waals surface area (Å²) in [6.07, 6.45) is 0.232. The van der Waals surface area contributed by atoms with E-state index in [0.29, 0.717) is 24.3 Å². The third kappa shape index (κ3) is 5.45. The van der Waals surface area contributed by atoms with Crippen molar-refractivity contribution >= 4 is 45.4 Å². The fraction of sp³-hybridized carbons (Fsp3) is 0.400. The van der Waals surface area contributed by atoms with Gasteiger partial charge in [-0.05, 0) is 40.2 Å². The Bertz CT molecular complexity index is 881. The summed E-state index contributed by atoms with van der Waals surface area (Å²) < 4.78 is 22.1. The van der Waals surface area contributed by atoms with Crippen molar-refractivity contribution in [1.29, 1.82) is 0 Å². The van der Waals surface area contributed by atoms with E-state index in [-0.39, 0.29) is 11.1 Å². The number of amides is 2. The number of carbonyl (C=O) groups is 4. The SMILES string of the molecule is CC(=O)OCC1CC(OC(C)=O)CC(Oc2ccc(N3C(=O)C=C(Br)C3=O)cc2)O1. The zero-order valence-corrected chi connectivity index (χ0v) is 17.9. The molecule has 0 N–H and O–H groups in total. The zero-order valence-electron chi connectivity index (χ0n) is 16.3. The largest absolute Gasteiger partial charge is 0.465 e. The number of rotatable bonds is 6. The average Bonchev–Trinajstić information content (AvgIpc) is 2.92. The number of hydrogen-bond donors (Lipinski definition) is 0. The fourth-order valence-electron chi connectivity index (χ4n) is 3.17. The zero-order chi connectivity index (χ0) is 21.8. The minimum absolute atomic E-state index is 0.0208. The molecule has 2 amide bonds. The van der Waals surface area contributed by atoms with Gasteiger partial charge in [0.1, 0.15) is 18.5 Å². The lowest BCUT2D eigenvalue weighted by Gasteiger charge is -2.34. The van der Waals surface area contributed by atoms with Gasteiger partial charge in [-0.3, -0.25) is 19.2 Å². The Balaban J connectivity index is 1.66. The summed E-state index contributed by atoms with van der Waals surface area (Å²) in [6, 6.07) is 6.35. The van der Waals surface area contributed by atoms with Gasteiger partial charge in [0.05, 0.1) is 16.3 Å². The molecule has 1 fully saturated rings. The van der Waals surface area contributed by atoms with Gasteiger partial charge in [-0.25, -0.2) is 4.90 Å². The molecule has 3 atom stereocenters. The number of nitrogens with zero attached hydrogens (tertiary/aromatic N) is 1. The first-order chi connectivity index (χ1) is 14.2. The van der Waals surface area contributed by atoms with Crippen molar-refractivity contribution in [2.45, 2.75) is 45.2 Å². The number of carbonyl (C=O) groups excluding carboxylic acids is 4. The van der Waals surface area contributed by atoms with E-state index in [9.17, 15) is 19.2 Å². The molecule has 2 aliphatic rings. The molecule has 160 valence electrons. The van der Waals surface area contributed by atoms with Crippen molar-refractivity contribution in [3.05, 3.63) is 34.8 Å². The Morgan fingerprint density at radius 1 is 1.13 bits per heavy atom. The molecule has 10 heteroatoms. The van der Waals surface area contributed by atoms with Gasteiger partial charge in [0.25, 0.3) is 11.8 Å². The fourth-order valence-corrected chi connectivity index (χ4v) is 3.54. The van der Waals surface area contributed by atoms with E-state index in [4.69, 9.17) is 18.9 Å². The lowest BCUT2D eigenvalue weighted by atomic mass is 10.1. The number of halogens is 1. The molecule has 0 aromatic heterocycles. The second-order valence-electron chi connectivity index (χ2n) is 6.78. The van der Waals surface area contributed by atoms with Crippen molar-refractivity contribution in [2.24, 2.45) is 0 Å². The van der Waals surface area contributed by atoms with Crippen LogP contribution >= 0.6 is 15.9 Å². The molecular formula is C20H20BrNO8. The Morgan fingerprint density at radius 2 is 1.83 bits per heavy atom. The third-order valence-electron chi connectivity index (χ3n) is 4.37. The molecule has 3 rings (SSSR count). The Kier molecular flexibility index (Phi) is 6.88. The quantitative estimate of drug-likeness (QED) is 0.449. The van der Waals surface area contributed by atoms with Crippen LogP contribution in [-0.4, -0.2) is 48.9 Å². The maximum atomic E-state index is 12.0. The molecule has 0 bridgehead atoms. The number of ether oxygens (including phenoxy) is 4. The molecule has 2 aliphatic heterocycles. The van der Waals surface area contributed by atoms with Gasteiger partial charge < -0.3 is 18.9 Å². The minimum Gasteiger partial charge on any atom is -0.465 e. The highest BCUT2D eigenvalue weighted by Crippen LogP contribution is 2.29. The first kappa shape index (κ1) is 22.0. The second kappa shape index (κ2) is 9.40. The molecule has 3 unspecified atom stereocenters. The van der Waals surface area contributed by atoms with Crippen molar-refractivity contribution in [1.82, 2.24) is 0 Å². The Hall–Kier alpha value is -2.72. The summed E-state index contributed by atoms with van der Waals surface area (Å²) in [5.41, 5.74) is 0.401. The predicted molar refractivity (Wildman–Crippen MR) is 107 cm³/mol. The average molecular weight is 482 g/mol. The summed E-state index contributed by atoms with van der Waals surface area (Å²) in [7, 11) is 0. The van der Waals surface area contributed by atoms with Crippen LogP contribution in [0.2, 0.25) is 0 Å². The molecule has 0 aliphatic carbocycles. The highest BCUT2D eigenvalue weighted by Gasteiger charge is 2.34. The van der Waals surface area contributed by atoms with Crippen LogP contribution in [0.25, 0.3) is 0 Å². The lowest BCUT2D eigenvalue weighted by molar-refractivity contribution is -0.201. The van der Waals surface area contributed by atoms with Crippen LogP contribution in [0.5, 0.6) is 5.75 Å². The molecule has 1 saturated heterocycles. The van der Waals surface area contributed by atoms with Crippen LogP contribution in [0.1, 0.15) is 26.7 Å². The van der Waals surface area contributed by atoms with E-state index in [0.717, 1.165) is 4.90 Å². The third-order valence-corrected chi connectivity index (χ3v) is 4.94. The van der Waals surface area contributed by atoms with Gasteiger partial charge >= 0.3 is 11.9 Å². The van der Waals surface area contributed by atoms with E-state index in [1.807, 2.05) is 0 Å². The standard InChI is InChI=1S/C20H20BrNO8/c1-11(23)27-10-16-7-15(28-12(2)24)8-19(30-16)29-14-5-3-13(4-6-14)22-18(25)9-17(21)20(22)26/h3-6,9,15-16,19H,7-8,10H2,1-2H3. The Labute approximate surface area is 181 Å². The molecule has 1 aromatic rings. The molecule has 0 radical (unpaired) electrons. The summed E-state index contributed by atoms with van der Waals surface area (Å²) >= 11 is 3.05. The van der Waals surface area contributed by atoms with Crippen molar-refractivity contribution in [2.75, 3.05) is 11.5 Å². The molecule has 1 aromatic carbocycles. The molecule has 30 heavy (non-hydrogen) atoms. The maximum absolute atomic E-state index is 12.0. The summed E-state index contributed by atoms with van der Waals surface area (Å²) in [5, 5.41) is 0. The van der Waals surface area contributed by atoms with Crippen LogP contribution in [0.15, 0.2) is 34.8 Å². The summed E-state index contributed by atoms with van der Waals surface area (Å²) in [6.45, 7) is 2.64. The molecule has 0 saturated carbocycles. The van der Waals surface area contributed by atoms with Gasteiger partial charge in [0, 0.05) is 32.8 Å². The molecule has 0 spiro atoms. The predicted octanol–water partition coefficient (Wildman–Crippen LogP) is 2.22. The van der Waals surface area contributed by atoms with E-state index >= 15 is 0 Å². The van der Waals surface area contributed by atoms with Gasteiger partial charge in [-0.2, -0.15) is 0 Å². The van der Waals surface area contributed by atoms with Crippen LogP contribution in [0, 0.1) is 0 Å². The van der Waals surface area contributed by atoms with E-state index in [1.165, 1.54) is 19.9 Å². The first-order valence-corrected chi connectivity index (χ1v) is 10.0. The van der Waals surface area contributed by atoms with Crippen molar-refractivity contribution < 1.29 is 38.1 Å². The number of hydrogen-bond acceptors (Lipinski definition) is 8. The van der Waals surface area contributed by atoms with Crippen molar-refractivity contribution in [3.63, 3.8) is 0 Å². The van der Waals surface area contributed by atoms with Crippen LogP contribution in [-0.2, 0) is 33.4 Å². The molecule has 2 heterocycles. The van der Waals surface area contributed by atoms with E-state index < -0.39 is 42.3 Å². The van der Waals surface area contributed by atoms with Crippen LogP contribution < -0.4 is 9.64 Å². The minimum atomic E-state index is -0.736. The monoisotopic (exact) mass is 481 g/mol. The first-order valence-electron chi connectivity index (χ1n) is 9.21. The number of esters is 2.